The summed E-state index contributed by atoms with van der Waals surface area (Å²) in [6.45, 7) is 1.05. The number of halogens is 3. The van der Waals surface area contributed by atoms with Gasteiger partial charge in [0.05, 0.1) is 11.5 Å². The number of furan rings is 1. The molecule has 1 aromatic carbocycles. The molecule has 0 saturated carbocycles. The van der Waals surface area contributed by atoms with Crippen molar-refractivity contribution in [3.63, 3.8) is 0 Å². The van der Waals surface area contributed by atoms with E-state index in [2.05, 4.69) is 4.74 Å². The van der Waals surface area contributed by atoms with E-state index in [1.807, 2.05) is 12.1 Å². The molecule has 1 amide bonds. The van der Waals surface area contributed by atoms with Gasteiger partial charge in [-0.1, -0.05) is 6.07 Å². The van der Waals surface area contributed by atoms with Crippen molar-refractivity contribution in [2.75, 3.05) is 18.8 Å². The average Bonchev–Trinajstić information content (AvgIpc) is 2.98. The van der Waals surface area contributed by atoms with Crippen LogP contribution in [0.3, 0.4) is 0 Å². The van der Waals surface area contributed by atoms with Crippen LogP contribution in [0.1, 0.15) is 27.8 Å². The van der Waals surface area contributed by atoms with Gasteiger partial charge in [0.1, 0.15) is 11.5 Å². The molecule has 1 aliphatic heterocycles. The lowest BCUT2D eigenvalue weighted by Crippen LogP contribution is -2.33. The molecule has 1 fully saturated rings. The van der Waals surface area contributed by atoms with Gasteiger partial charge in [0.15, 0.2) is 0 Å². The number of thioether (sulfide) groups is 1. The third-order valence-electron chi connectivity index (χ3n) is 3.80. The highest BCUT2D eigenvalue weighted by molar-refractivity contribution is 7.99. The first kappa shape index (κ1) is 17.7. The molecule has 0 bridgehead atoms. The Balaban J connectivity index is 1.68. The molecule has 2 heterocycles. The summed E-state index contributed by atoms with van der Waals surface area (Å²) in [4.78, 5) is 14.3. The predicted molar refractivity (Wildman–Crippen MR) is 87.6 cm³/mol. The van der Waals surface area contributed by atoms with Crippen LogP contribution >= 0.6 is 11.8 Å². The molecule has 0 radical (unpaired) electrons. The largest absolute Gasteiger partial charge is 0.573 e. The second kappa shape index (κ2) is 7.43. The monoisotopic (exact) mass is 371 g/mol. The summed E-state index contributed by atoms with van der Waals surface area (Å²) in [6, 6.07) is 8.91. The first-order valence-corrected chi connectivity index (χ1v) is 8.77. The van der Waals surface area contributed by atoms with Gasteiger partial charge in [-0.2, -0.15) is 0 Å². The third-order valence-corrected chi connectivity index (χ3v) is 5.09. The van der Waals surface area contributed by atoms with Crippen molar-refractivity contribution >= 4 is 17.7 Å². The molecule has 4 nitrogen and oxygen atoms in total. The van der Waals surface area contributed by atoms with Gasteiger partial charge in [0, 0.05) is 24.4 Å². The van der Waals surface area contributed by atoms with Gasteiger partial charge in [-0.05, 0) is 36.8 Å². The Morgan fingerprint density at radius 3 is 2.80 bits per heavy atom. The number of nitrogens with zero attached hydrogens (tertiary/aromatic N) is 1. The minimum atomic E-state index is -4.78. The molecular weight excluding hydrogens is 355 g/mol. The summed E-state index contributed by atoms with van der Waals surface area (Å²) in [5.74, 6) is 0.916. The number of carbonyl (C=O) groups is 1. The normalized spacial score (nSPS) is 18.7. The molecule has 1 aromatic heterocycles. The van der Waals surface area contributed by atoms with Gasteiger partial charge in [-0.25, -0.2) is 0 Å². The lowest BCUT2D eigenvalue weighted by molar-refractivity contribution is -0.274. The lowest BCUT2D eigenvalue weighted by atomic mass is 10.1. The zero-order valence-electron chi connectivity index (χ0n) is 13.2. The van der Waals surface area contributed by atoms with Crippen molar-refractivity contribution in [3.8, 4) is 5.75 Å². The fraction of sp³-hybridized carbons (Fsp3) is 0.353. The van der Waals surface area contributed by atoms with Gasteiger partial charge in [0.2, 0.25) is 0 Å². The van der Waals surface area contributed by atoms with Crippen LogP contribution in [0.25, 0.3) is 0 Å². The predicted octanol–water partition coefficient (Wildman–Crippen LogP) is 4.50. The number of hydrogen-bond donors (Lipinski definition) is 0. The van der Waals surface area contributed by atoms with E-state index < -0.39 is 12.1 Å². The minimum absolute atomic E-state index is 0.174. The standard InChI is InChI=1S/C17H16F3NO3S/c18-17(19,20)24-13-4-1-3-12(11-13)16(22)21-7-6-15(25-10-8-21)14-5-2-9-23-14/h1-5,9,11,15H,6-8,10H2/t15-/m0/s1. The number of carbonyl (C=O) groups excluding carboxylic acids is 1. The van der Waals surface area contributed by atoms with Gasteiger partial charge >= 0.3 is 6.36 Å². The highest BCUT2D eigenvalue weighted by Gasteiger charge is 2.31. The fourth-order valence-corrected chi connectivity index (χ4v) is 3.86. The Bertz CT molecular complexity index is 718. The maximum Gasteiger partial charge on any atom is 0.573 e. The Morgan fingerprint density at radius 2 is 2.08 bits per heavy atom. The topological polar surface area (TPSA) is 42.7 Å². The van der Waals surface area contributed by atoms with E-state index in [0.29, 0.717) is 13.1 Å². The number of hydrogen-bond acceptors (Lipinski definition) is 4. The van der Waals surface area contributed by atoms with E-state index in [4.69, 9.17) is 4.42 Å². The minimum Gasteiger partial charge on any atom is -0.468 e. The SMILES string of the molecule is O=C(c1cccc(OC(F)(F)F)c1)N1CCS[C@H](c2ccco2)CC1. The summed E-state index contributed by atoms with van der Waals surface area (Å²) in [6.07, 6.45) is -2.43. The molecule has 25 heavy (non-hydrogen) atoms. The molecule has 1 aliphatic rings. The van der Waals surface area contributed by atoms with E-state index in [1.165, 1.54) is 18.2 Å². The van der Waals surface area contributed by atoms with Gasteiger partial charge < -0.3 is 14.1 Å². The van der Waals surface area contributed by atoms with Gasteiger partial charge in [-0.15, -0.1) is 24.9 Å². The molecule has 0 aliphatic carbocycles. The fourth-order valence-electron chi connectivity index (χ4n) is 2.68. The van der Waals surface area contributed by atoms with Crippen molar-refractivity contribution < 1.29 is 27.1 Å². The van der Waals surface area contributed by atoms with E-state index in [0.717, 1.165) is 24.0 Å². The van der Waals surface area contributed by atoms with E-state index in [9.17, 15) is 18.0 Å². The van der Waals surface area contributed by atoms with Crippen molar-refractivity contribution in [2.45, 2.75) is 18.0 Å². The Morgan fingerprint density at radius 1 is 1.24 bits per heavy atom. The number of rotatable bonds is 3. The molecule has 1 saturated heterocycles. The van der Waals surface area contributed by atoms with Crippen molar-refractivity contribution in [2.24, 2.45) is 0 Å². The first-order valence-electron chi connectivity index (χ1n) is 7.72. The molecule has 0 spiro atoms. The third kappa shape index (κ3) is 4.72. The van der Waals surface area contributed by atoms with Crippen LogP contribution in [-0.2, 0) is 0 Å². The maximum atomic E-state index is 12.6. The summed E-state index contributed by atoms with van der Waals surface area (Å²) < 4.78 is 46.3. The zero-order valence-corrected chi connectivity index (χ0v) is 14.0. The number of alkyl halides is 3. The number of benzene rings is 1. The number of ether oxygens (including phenoxy) is 1. The number of amides is 1. The Kier molecular flexibility index (Phi) is 5.27. The summed E-state index contributed by atoms with van der Waals surface area (Å²) in [5, 5.41) is 0.174. The highest BCUT2D eigenvalue weighted by Crippen LogP contribution is 2.35. The van der Waals surface area contributed by atoms with Crippen molar-refractivity contribution in [1.82, 2.24) is 4.90 Å². The smallest absolute Gasteiger partial charge is 0.468 e. The molecular formula is C17H16F3NO3S. The lowest BCUT2D eigenvalue weighted by Gasteiger charge is -2.20. The van der Waals surface area contributed by atoms with Gasteiger partial charge in [0.25, 0.3) is 5.91 Å². The average molecular weight is 371 g/mol. The van der Waals surface area contributed by atoms with Crippen molar-refractivity contribution in [1.29, 1.82) is 0 Å². The molecule has 1 atom stereocenters. The zero-order chi connectivity index (χ0) is 17.9. The quantitative estimate of drug-likeness (QED) is 0.797. The van der Waals surface area contributed by atoms with Crippen LogP contribution in [0.5, 0.6) is 5.75 Å². The molecule has 2 aromatic rings. The van der Waals surface area contributed by atoms with Crippen LogP contribution in [-0.4, -0.2) is 36.0 Å². The van der Waals surface area contributed by atoms with Crippen LogP contribution in [0.2, 0.25) is 0 Å². The molecule has 134 valence electrons. The van der Waals surface area contributed by atoms with Gasteiger partial charge in [-0.3, -0.25) is 4.79 Å². The molecule has 3 rings (SSSR count). The second-order valence-electron chi connectivity index (χ2n) is 5.53. The van der Waals surface area contributed by atoms with Crippen LogP contribution < -0.4 is 4.74 Å². The van der Waals surface area contributed by atoms with Crippen LogP contribution in [0, 0.1) is 0 Å². The first-order chi connectivity index (χ1) is 11.9. The Hall–Kier alpha value is -2.09. The van der Waals surface area contributed by atoms with E-state index >= 15 is 0 Å². The molecule has 0 N–H and O–H groups in total. The summed E-state index contributed by atoms with van der Waals surface area (Å²) in [5.41, 5.74) is 0.184. The maximum absolute atomic E-state index is 12.6. The Labute approximate surface area is 146 Å². The highest BCUT2D eigenvalue weighted by atomic mass is 32.2. The van der Waals surface area contributed by atoms with E-state index in [-0.39, 0.29) is 16.7 Å². The summed E-state index contributed by atoms with van der Waals surface area (Å²) in [7, 11) is 0. The van der Waals surface area contributed by atoms with E-state index in [1.54, 1.807) is 22.9 Å². The summed E-state index contributed by atoms with van der Waals surface area (Å²) >= 11 is 1.71. The van der Waals surface area contributed by atoms with Crippen molar-refractivity contribution in [3.05, 3.63) is 54.0 Å². The van der Waals surface area contributed by atoms with Crippen LogP contribution in [0.4, 0.5) is 13.2 Å². The second-order valence-corrected chi connectivity index (χ2v) is 6.84. The molecule has 8 heteroatoms. The molecule has 0 unspecified atom stereocenters. The van der Waals surface area contributed by atoms with Crippen LogP contribution in [0.15, 0.2) is 47.1 Å².